The third-order valence-electron chi connectivity index (χ3n) is 2.98. The number of H-pyrrole nitrogens is 1. The Labute approximate surface area is 108 Å². The highest BCUT2D eigenvalue weighted by atomic mass is 32.1. The number of aromatic nitrogens is 6. The number of hydrogen-bond acceptors (Lipinski definition) is 4. The zero-order valence-corrected chi connectivity index (χ0v) is 10.9. The molecule has 0 saturated heterocycles. The van der Waals surface area contributed by atoms with Gasteiger partial charge in [-0.3, -0.25) is 4.57 Å². The van der Waals surface area contributed by atoms with Gasteiger partial charge in [0.1, 0.15) is 6.33 Å². The third kappa shape index (κ3) is 1.63. The second-order valence-corrected chi connectivity index (χ2v) is 4.59. The maximum Gasteiger partial charge on any atom is 0.179 e. The molecule has 0 aliphatic rings. The van der Waals surface area contributed by atoms with Gasteiger partial charge in [0, 0.05) is 13.2 Å². The summed E-state index contributed by atoms with van der Waals surface area (Å²) in [7, 11) is 1.91. The molecule has 92 valence electrons. The van der Waals surface area contributed by atoms with E-state index in [0.717, 1.165) is 22.6 Å². The van der Waals surface area contributed by atoms with E-state index in [2.05, 4.69) is 20.2 Å². The molecule has 0 aliphatic carbocycles. The molecule has 3 heterocycles. The highest BCUT2D eigenvalue weighted by Crippen LogP contribution is 2.16. The number of hydrogen-bond donors (Lipinski definition) is 1. The SMILES string of the molecule is Cc1ccnc2c1[nH]c(=S)n2Cc1nncn1C. The van der Waals surface area contributed by atoms with Crippen molar-refractivity contribution in [1.29, 1.82) is 0 Å². The van der Waals surface area contributed by atoms with E-state index >= 15 is 0 Å². The van der Waals surface area contributed by atoms with Gasteiger partial charge in [-0.25, -0.2) is 4.98 Å². The number of aryl methyl sites for hydroxylation is 2. The summed E-state index contributed by atoms with van der Waals surface area (Å²) in [6.45, 7) is 2.59. The van der Waals surface area contributed by atoms with Gasteiger partial charge in [-0.2, -0.15) is 0 Å². The molecule has 0 unspecified atom stereocenters. The fourth-order valence-corrected chi connectivity index (χ4v) is 2.17. The summed E-state index contributed by atoms with van der Waals surface area (Å²) in [5, 5.41) is 7.93. The Bertz CT molecular complexity index is 765. The quantitative estimate of drug-likeness (QED) is 0.710. The minimum atomic E-state index is 0.561. The van der Waals surface area contributed by atoms with Crippen molar-refractivity contribution in [1.82, 2.24) is 29.3 Å². The molecule has 0 bridgehead atoms. The van der Waals surface area contributed by atoms with Crippen molar-refractivity contribution in [3.8, 4) is 0 Å². The first-order valence-corrected chi connectivity index (χ1v) is 5.94. The third-order valence-corrected chi connectivity index (χ3v) is 3.30. The molecule has 0 saturated carbocycles. The second-order valence-electron chi connectivity index (χ2n) is 4.20. The fourth-order valence-electron chi connectivity index (χ4n) is 1.91. The van der Waals surface area contributed by atoms with Gasteiger partial charge in [0.05, 0.1) is 12.1 Å². The van der Waals surface area contributed by atoms with Crippen molar-refractivity contribution in [2.24, 2.45) is 7.05 Å². The monoisotopic (exact) mass is 260 g/mol. The summed E-state index contributed by atoms with van der Waals surface area (Å²) >= 11 is 5.34. The lowest BCUT2D eigenvalue weighted by molar-refractivity contribution is 0.700. The van der Waals surface area contributed by atoms with E-state index in [1.54, 1.807) is 12.5 Å². The van der Waals surface area contributed by atoms with Crippen molar-refractivity contribution in [3.63, 3.8) is 0 Å². The van der Waals surface area contributed by atoms with Crippen molar-refractivity contribution in [2.75, 3.05) is 0 Å². The Hall–Kier alpha value is -2.02. The predicted octanol–water partition coefficient (Wildman–Crippen LogP) is 1.58. The topological polar surface area (TPSA) is 64.3 Å². The van der Waals surface area contributed by atoms with Crippen LogP contribution in [0.1, 0.15) is 11.4 Å². The van der Waals surface area contributed by atoms with Crippen LogP contribution in [-0.2, 0) is 13.6 Å². The van der Waals surface area contributed by atoms with E-state index < -0.39 is 0 Å². The first-order valence-electron chi connectivity index (χ1n) is 5.54. The molecular formula is C11H12N6S. The van der Waals surface area contributed by atoms with E-state index in [1.165, 1.54) is 0 Å². The number of imidazole rings is 1. The lowest BCUT2D eigenvalue weighted by Crippen LogP contribution is -2.06. The molecule has 0 aliphatic heterocycles. The van der Waals surface area contributed by atoms with Gasteiger partial charge in [0.2, 0.25) is 0 Å². The van der Waals surface area contributed by atoms with Gasteiger partial charge < -0.3 is 9.55 Å². The number of nitrogens with zero attached hydrogens (tertiary/aromatic N) is 5. The standard InChI is InChI=1S/C11H12N6S/c1-7-3-4-12-10-9(7)14-11(18)17(10)5-8-15-13-6-16(8)2/h3-4,6H,5H2,1-2H3,(H,14,18). The highest BCUT2D eigenvalue weighted by molar-refractivity contribution is 7.71. The van der Waals surface area contributed by atoms with Crippen LogP contribution in [-0.4, -0.2) is 29.3 Å². The molecule has 6 nitrogen and oxygen atoms in total. The summed E-state index contributed by atoms with van der Waals surface area (Å²) in [6, 6.07) is 1.96. The van der Waals surface area contributed by atoms with Crippen LogP contribution in [0, 0.1) is 11.7 Å². The largest absolute Gasteiger partial charge is 0.329 e. The molecule has 0 radical (unpaired) electrons. The lowest BCUT2D eigenvalue weighted by atomic mass is 10.3. The zero-order valence-electron chi connectivity index (χ0n) is 10.1. The molecule has 0 spiro atoms. The Morgan fingerprint density at radius 1 is 1.44 bits per heavy atom. The van der Waals surface area contributed by atoms with Gasteiger partial charge in [-0.15, -0.1) is 10.2 Å². The van der Waals surface area contributed by atoms with Gasteiger partial charge in [-0.05, 0) is 30.8 Å². The number of rotatable bonds is 2. The van der Waals surface area contributed by atoms with Crippen LogP contribution in [0.3, 0.4) is 0 Å². The predicted molar refractivity (Wildman–Crippen MR) is 69.8 cm³/mol. The first-order chi connectivity index (χ1) is 8.66. The maximum atomic E-state index is 5.34. The van der Waals surface area contributed by atoms with Gasteiger partial charge >= 0.3 is 0 Å². The van der Waals surface area contributed by atoms with Crippen molar-refractivity contribution in [2.45, 2.75) is 13.5 Å². The summed E-state index contributed by atoms with van der Waals surface area (Å²) in [5.74, 6) is 0.843. The summed E-state index contributed by atoms with van der Waals surface area (Å²) in [5.41, 5.74) is 2.95. The second kappa shape index (κ2) is 4.02. The molecule has 18 heavy (non-hydrogen) atoms. The van der Waals surface area contributed by atoms with Gasteiger partial charge in [-0.1, -0.05) is 0 Å². The van der Waals surface area contributed by atoms with E-state index in [4.69, 9.17) is 12.2 Å². The maximum absolute atomic E-state index is 5.34. The minimum Gasteiger partial charge on any atom is -0.329 e. The Morgan fingerprint density at radius 2 is 2.28 bits per heavy atom. The summed E-state index contributed by atoms with van der Waals surface area (Å²) in [4.78, 5) is 7.57. The normalized spacial score (nSPS) is 11.2. The Kier molecular flexibility index (Phi) is 2.48. The molecule has 3 aromatic heterocycles. The smallest absolute Gasteiger partial charge is 0.179 e. The fraction of sp³-hybridized carbons (Fsp3) is 0.273. The minimum absolute atomic E-state index is 0.561. The van der Waals surface area contributed by atoms with Crippen molar-refractivity contribution < 1.29 is 0 Å². The average molecular weight is 260 g/mol. The van der Waals surface area contributed by atoms with E-state index in [1.807, 2.05) is 29.2 Å². The molecule has 0 aromatic carbocycles. The van der Waals surface area contributed by atoms with Crippen LogP contribution in [0.25, 0.3) is 11.2 Å². The Balaban J connectivity index is 2.18. The highest BCUT2D eigenvalue weighted by Gasteiger charge is 2.10. The van der Waals surface area contributed by atoms with Crippen molar-refractivity contribution in [3.05, 3.63) is 34.7 Å². The van der Waals surface area contributed by atoms with Crippen LogP contribution in [0.15, 0.2) is 18.6 Å². The number of nitrogens with one attached hydrogen (secondary N) is 1. The summed E-state index contributed by atoms with van der Waals surface area (Å²) in [6.07, 6.45) is 3.46. The first kappa shape index (κ1) is 11.1. The van der Waals surface area contributed by atoms with E-state index in [9.17, 15) is 0 Å². The molecule has 3 rings (SSSR count). The molecule has 0 fully saturated rings. The molecule has 7 heteroatoms. The molecular weight excluding hydrogens is 248 g/mol. The Morgan fingerprint density at radius 3 is 3.00 bits per heavy atom. The molecule has 1 N–H and O–H groups in total. The van der Waals surface area contributed by atoms with E-state index in [-0.39, 0.29) is 0 Å². The van der Waals surface area contributed by atoms with Crippen LogP contribution in [0.2, 0.25) is 0 Å². The molecule has 3 aromatic rings. The van der Waals surface area contributed by atoms with Crippen LogP contribution in [0.5, 0.6) is 0 Å². The molecule has 0 amide bonds. The van der Waals surface area contributed by atoms with Gasteiger partial charge in [0.25, 0.3) is 0 Å². The zero-order chi connectivity index (χ0) is 12.7. The van der Waals surface area contributed by atoms with Crippen LogP contribution < -0.4 is 0 Å². The van der Waals surface area contributed by atoms with Gasteiger partial charge in [0.15, 0.2) is 16.2 Å². The van der Waals surface area contributed by atoms with Crippen LogP contribution in [0.4, 0.5) is 0 Å². The summed E-state index contributed by atoms with van der Waals surface area (Å²) < 4.78 is 4.45. The molecule has 0 atom stereocenters. The number of aromatic amines is 1. The van der Waals surface area contributed by atoms with Crippen LogP contribution >= 0.6 is 12.2 Å². The lowest BCUT2D eigenvalue weighted by Gasteiger charge is -2.03. The van der Waals surface area contributed by atoms with Crippen molar-refractivity contribution >= 4 is 23.4 Å². The average Bonchev–Trinajstić information content (AvgIpc) is 2.87. The number of fused-ring (bicyclic) bond motifs is 1. The van der Waals surface area contributed by atoms with E-state index in [0.29, 0.717) is 11.3 Å². The number of pyridine rings is 1.